The Balaban J connectivity index is 1.73. The monoisotopic (exact) mass is 385 g/mol. The van der Waals surface area contributed by atoms with E-state index in [-0.39, 0.29) is 23.4 Å². The highest BCUT2D eigenvalue weighted by Gasteiger charge is 2.55. The summed E-state index contributed by atoms with van der Waals surface area (Å²) < 4.78 is 13.5. The van der Waals surface area contributed by atoms with Gasteiger partial charge in [0.15, 0.2) is 27.3 Å². The van der Waals surface area contributed by atoms with E-state index in [1.54, 1.807) is 16.4 Å². The highest BCUT2D eigenvalue weighted by Crippen LogP contribution is 2.44. The minimum atomic E-state index is -0.736. The predicted molar refractivity (Wildman–Crippen MR) is 92.6 cm³/mol. The van der Waals surface area contributed by atoms with Crippen molar-refractivity contribution < 1.29 is 14.6 Å². The second-order valence-electron chi connectivity index (χ2n) is 6.79. The van der Waals surface area contributed by atoms with E-state index in [4.69, 9.17) is 21.1 Å². The first-order valence-electron chi connectivity index (χ1n) is 8.34. The van der Waals surface area contributed by atoms with Crippen molar-refractivity contribution in [3.63, 3.8) is 0 Å². The van der Waals surface area contributed by atoms with Crippen molar-refractivity contribution in [1.29, 1.82) is 0 Å². The third-order valence-corrected chi connectivity index (χ3v) is 5.73. The number of hydrogen-bond acceptors (Lipinski definition) is 8. The van der Waals surface area contributed by atoms with Crippen LogP contribution in [0.4, 0.5) is 0 Å². The van der Waals surface area contributed by atoms with E-state index in [1.165, 1.54) is 0 Å². The lowest BCUT2D eigenvalue weighted by Gasteiger charge is -2.22. The fourth-order valence-corrected chi connectivity index (χ4v) is 4.37. The third kappa shape index (κ3) is 3.02. The van der Waals surface area contributed by atoms with E-state index in [0.717, 1.165) is 12.2 Å². The van der Waals surface area contributed by atoms with Crippen LogP contribution in [-0.4, -0.2) is 59.9 Å². The van der Waals surface area contributed by atoms with Crippen LogP contribution in [-0.2, 0) is 9.47 Å². The fourth-order valence-electron chi connectivity index (χ4n) is 3.43. The van der Waals surface area contributed by atoms with Crippen LogP contribution < -0.4 is 0 Å². The van der Waals surface area contributed by atoms with Crippen LogP contribution >= 0.6 is 23.4 Å². The number of fused-ring (bicyclic) bond motifs is 2. The third-order valence-electron chi connectivity index (χ3n) is 4.42. The molecule has 0 radical (unpaired) electrons. The van der Waals surface area contributed by atoms with E-state index in [0.29, 0.717) is 22.7 Å². The molecule has 0 aromatic carbocycles. The Bertz CT molecular complexity index is 801. The second-order valence-corrected chi connectivity index (χ2v) is 8.21. The average Bonchev–Trinajstić information content (AvgIpc) is 3.18. The van der Waals surface area contributed by atoms with Crippen molar-refractivity contribution in [3.05, 3.63) is 5.15 Å². The van der Waals surface area contributed by atoms with Crippen molar-refractivity contribution in [3.8, 4) is 0 Å². The molecule has 2 aromatic heterocycles. The maximum absolute atomic E-state index is 10.4. The van der Waals surface area contributed by atoms with Crippen LogP contribution in [0.1, 0.15) is 39.7 Å². The number of rotatable bonds is 4. The van der Waals surface area contributed by atoms with Gasteiger partial charge in [-0.1, -0.05) is 35.5 Å². The summed E-state index contributed by atoms with van der Waals surface area (Å²) in [5, 5.41) is 19.6. The summed E-state index contributed by atoms with van der Waals surface area (Å²) in [7, 11) is 0. The number of halogens is 1. The first-order chi connectivity index (χ1) is 11.9. The summed E-state index contributed by atoms with van der Waals surface area (Å²) in [5.41, 5.74) is 1.02. The Kier molecular flexibility index (Phi) is 4.40. The number of aliphatic hydroxyl groups is 1. The number of thioether (sulfide) groups is 1. The fraction of sp³-hybridized carbons (Fsp3) is 0.733. The van der Waals surface area contributed by atoms with Gasteiger partial charge in [0, 0.05) is 12.2 Å². The highest BCUT2D eigenvalue weighted by molar-refractivity contribution is 7.99. The van der Waals surface area contributed by atoms with Gasteiger partial charge >= 0.3 is 0 Å². The molecule has 25 heavy (non-hydrogen) atoms. The quantitative estimate of drug-likeness (QED) is 0.486. The molecule has 10 heteroatoms. The summed E-state index contributed by atoms with van der Waals surface area (Å²) >= 11 is 7.80. The normalized spacial score (nSPS) is 30.9. The van der Waals surface area contributed by atoms with Crippen molar-refractivity contribution in [1.82, 2.24) is 25.0 Å². The molecular weight excluding hydrogens is 366 g/mol. The Morgan fingerprint density at radius 2 is 2.08 bits per heavy atom. The van der Waals surface area contributed by atoms with Crippen LogP contribution in [0.15, 0.2) is 5.16 Å². The molecule has 4 rings (SSSR count). The van der Waals surface area contributed by atoms with Crippen molar-refractivity contribution in [2.24, 2.45) is 0 Å². The zero-order valence-electron chi connectivity index (χ0n) is 14.2. The molecule has 2 aliphatic rings. The van der Waals surface area contributed by atoms with Crippen LogP contribution in [0, 0.1) is 0 Å². The SMILES string of the molecule is CCCSc1nc(Cl)c2nnn([C@H]3C[C@@H](O)[C@H]4OC(C)(C)O[C@@H]43)c2n1. The van der Waals surface area contributed by atoms with Crippen molar-refractivity contribution >= 4 is 34.5 Å². The number of hydrogen-bond donors (Lipinski definition) is 1. The minimum absolute atomic E-state index is 0.221. The van der Waals surface area contributed by atoms with E-state index in [2.05, 4.69) is 27.2 Å². The molecule has 1 aliphatic heterocycles. The number of aliphatic hydroxyl groups excluding tert-OH is 1. The first-order valence-corrected chi connectivity index (χ1v) is 9.71. The molecule has 0 bridgehead atoms. The van der Waals surface area contributed by atoms with E-state index < -0.39 is 11.9 Å². The smallest absolute Gasteiger partial charge is 0.191 e. The molecule has 1 aliphatic carbocycles. The molecule has 1 N–H and O–H groups in total. The summed E-state index contributed by atoms with van der Waals surface area (Å²) in [6.45, 7) is 5.78. The van der Waals surface area contributed by atoms with Crippen LogP contribution in [0.25, 0.3) is 11.2 Å². The molecule has 3 heterocycles. The highest BCUT2D eigenvalue weighted by atomic mass is 35.5. The van der Waals surface area contributed by atoms with Gasteiger partial charge in [-0.2, -0.15) is 0 Å². The van der Waals surface area contributed by atoms with Gasteiger partial charge < -0.3 is 14.6 Å². The minimum Gasteiger partial charge on any atom is -0.390 e. The molecule has 0 spiro atoms. The van der Waals surface area contributed by atoms with Crippen LogP contribution in [0.5, 0.6) is 0 Å². The van der Waals surface area contributed by atoms with Gasteiger partial charge in [-0.3, -0.25) is 0 Å². The lowest BCUT2D eigenvalue weighted by Crippen LogP contribution is -2.29. The molecule has 136 valence electrons. The zero-order chi connectivity index (χ0) is 17.8. The lowest BCUT2D eigenvalue weighted by molar-refractivity contribution is -0.165. The molecule has 1 saturated heterocycles. The van der Waals surface area contributed by atoms with E-state index >= 15 is 0 Å². The lowest BCUT2D eigenvalue weighted by atomic mass is 10.2. The Hall–Kier alpha value is -1.00. The molecule has 2 aromatic rings. The summed E-state index contributed by atoms with van der Waals surface area (Å²) in [6, 6.07) is -0.221. The number of nitrogens with zero attached hydrogens (tertiary/aromatic N) is 5. The van der Waals surface area contributed by atoms with Gasteiger partial charge in [-0.05, 0) is 20.3 Å². The van der Waals surface area contributed by atoms with Gasteiger partial charge in [0.25, 0.3) is 0 Å². The van der Waals surface area contributed by atoms with Crippen molar-refractivity contribution in [2.75, 3.05) is 5.75 Å². The van der Waals surface area contributed by atoms with Gasteiger partial charge in [0.1, 0.15) is 12.2 Å². The largest absolute Gasteiger partial charge is 0.390 e. The average molecular weight is 386 g/mol. The van der Waals surface area contributed by atoms with Gasteiger partial charge in [0.05, 0.1) is 12.1 Å². The maximum atomic E-state index is 10.4. The van der Waals surface area contributed by atoms with Gasteiger partial charge in [-0.15, -0.1) is 5.10 Å². The molecule has 0 unspecified atom stereocenters. The second kappa shape index (κ2) is 6.31. The van der Waals surface area contributed by atoms with Crippen LogP contribution in [0.2, 0.25) is 5.15 Å². The summed E-state index contributed by atoms with van der Waals surface area (Å²) in [4.78, 5) is 8.86. The Morgan fingerprint density at radius 1 is 1.32 bits per heavy atom. The molecule has 0 amide bonds. The standard InChI is InChI=1S/C15H20ClN5O3S/c1-4-5-25-14-17-12(16)9-13(18-14)21(20-19-9)7-6-8(22)11-10(7)23-15(2,3)24-11/h7-8,10-11,22H,4-6H2,1-3H3/t7-,8+,10+,11+/m0/s1. The molecule has 1 saturated carbocycles. The van der Waals surface area contributed by atoms with E-state index in [1.807, 2.05) is 13.8 Å². The predicted octanol–water partition coefficient (Wildman–Crippen LogP) is 2.20. The van der Waals surface area contributed by atoms with Crippen molar-refractivity contribution in [2.45, 2.75) is 68.9 Å². The van der Waals surface area contributed by atoms with E-state index in [9.17, 15) is 5.11 Å². The molecular formula is C15H20ClN5O3S. The topological polar surface area (TPSA) is 95.2 Å². The van der Waals surface area contributed by atoms with Gasteiger partial charge in [0.2, 0.25) is 0 Å². The molecule has 8 nitrogen and oxygen atoms in total. The van der Waals surface area contributed by atoms with Crippen LogP contribution in [0.3, 0.4) is 0 Å². The zero-order valence-corrected chi connectivity index (χ0v) is 15.8. The molecule has 4 atom stereocenters. The maximum Gasteiger partial charge on any atom is 0.191 e. The Labute approximate surface area is 154 Å². The van der Waals surface area contributed by atoms with Gasteiger partial charge in [-0.25, -0.2) is 14.6 Å². The molecule has 2 fully saturated rings. The number of aromatic nitrogens is 5. The first kappa shape index (κ1) is 17.4. The summed E-state index contributed by atoms with van der Waals surface area (Å²) in [6.07, 6.45) is 0.159. The number of ether oxygens (including phenoxy) is 2. The Morgan fingerprint density at radius 3 is 2.84 bits per heavy atom. The summed E-state index contributed by atoms with van der Waals surface area (Å²) in [5.74, 6) is 0.168.